The number of aliphatic carboxylic acids is 1. The van der Waals surface area contributed by atoms with Gasteiger partial charge < -0.3 is 34.7 Å². The summed E-state index contributed by atoms with van der Waals surface area (Å²) in [5.74, 6) is -1.34. The van der Waals surface area contributed by atoms with Gasteiger partial charge in [-0.25, -0.2) is 0 Å². The van der Waals surface area contributed by atoms with Crippen LogP contribution in [0, 0.1) is 0 Å². The van der Waals surface area contributed by atoms with Crippen LogP contribution in [0.5, 0.6) is 5.75 Å². The summed E-state index contributed by atoms with van der Waals surface area (Å²) in [5.41, 5.74) is 0. The molecule has 0 amide bonds. The third-order valence-electron chi connectivity index (χ3n) is 3.79. The molecular weight excluding hydrogens is 327 g/mol. The van der Waals surface area contributed by atoms with Crippen molar-refractivity contribution in [3.05, 3.63) is 42.5 Å². The molecule has 1 fully saturated rings. The molecule has 3 N–H and O–H groups in total. The number of rotatable bonds is 3. The Labute approximate surface area is 159 Å². The van der Waals surface area contributed by atoms with E-state index < -0.39 is 36.7 Å². The van der Waals surface area contributed by atoms with Crippen molar-refractivity contribution in [1.82, 2.24) is 0 Å². The normalized spacial score (nSPS) is 29.7. The summed E-state index contributed by atoms with van der Waals surface area (Å²) in [6, 6.07) is 12.5. The van der Waals surface area contributed by atoms with Gasteiger partial charge in [-0.1, -0.05) is 36.4 Å². The molecule has 24 heavy (non-hydrogen) atoms. The first-order chi connectivity index (χ1) is 11.0. The predicted octanol–water partition coefficient (Wildman–Crippen LogP) is -4.22. The Morgan fingerprint density at radius 2 is 1.67 bits per heavy atom. The minimum atomic E-state index is -1.80. The fourth-order valence-electron chi connectivity index (χ4n) is 2.56. The van der Waals surface area contributed by atoms with Crippen LogP contribution < -0.4 is 39.4 Å². The van der Waals surface area contributed by atoms with Crippen LogP contribution in [0.3, 0.4) is 0 Å². The quantitative estimate of drug-likeness (QED) is 0.484. The zero-order valence-electron chi connectivity index (χ0n) is 12.9. The van der Waals surface area contributed by atoms with E-state index in [1.54, 1.807) is 24.3 Å². The van der Waals surface area contributed by atoms with Crippen LogP contribution in [-0.2, 0) is 9.53 Å². The summed E-state index contributed by atoms with van der Waals surface area (Å²) >= 11 is 0. The van der Waals surface area contributed by atoms with Gasteiger partial charge in [0, 0.05) is 5.39 Å². The fourth-order valence-corrected chi connectivity index (χ4v) is 2.56. The maximum Gasteiger partial charge on any atom is 1.00 e. The van der Waals surface area contributed by atoms with Crippen LogP contribution in [0.25, 0.3) is 10.8 Å². The van der Waals surface area contributed by atoms with Crippen molar-refractivity contribution in [2.24, 2.45) is 0 Å². The molecule has 3 rings (SSSR count). The number of ether oxygens (including phenoxy) is 2. The molecule has 0 aromatic heterocycles. The van der Waals surface area contributed by atoms with E-state index in [1.807, 2.05) is 18.2 Å². The Balaban J connectivity index is 0.00000208. The van der Waals surface area contributed by atoms with Crippen molar-refractivity contribution in [3.8, 4) is 5.75 Å². The second kappa shape index (κ2) is 7.79. The van der Waals surface area contributed by atoms with Crippen LogP contribution in [0.2, 0.25) is 0 Å². The summed E-state index contributed by atoms with van der Waals surface area (Å²) in [6.07, 6.45) is -8.40. The van der Waals surface area contributed by atoms with Gasteiger partial charge in [0.25, 0.3) is 0 Å². The third-order valence-corrected chi connectivity index (χ3v) is 3.79. The standard InChI is InChI=1S/C16H16O7.Na/c17-11-12(18)14(15(20)21)23-16(13(11)19)22-10-7-3-5-8-4-1-2-6-9(8)10;/h1-7,11-14,16-19H,(H,20,21);/q;+1/p-1/t11-,12-,13+,14-,16+;/m0./s1. The van der Waals surface area contributed by atoms with Gasteiger partial charge in [-0.2, -0.15) is 0 Å². The molecule has 1 aliphatic rings. The van der Waals surface area contributed by atoms with Crippen LogP contribution in [0.4, 0.5) is 0 Å². The van der Waals surface area contributed by atoms with E-state index in [0.717, 1.165) is 10.8 Å². The second-order valence-corrected chi connectivity index (χ2v) is 5.31. The number of aliphatic hydroxyl groups excluding tert-OH is 3. The first kappa shape index (κ1) is 19.1. The van der Waals surface area contributed by atoms with Crippen LogP contribution in [0.15, 0.2) is 42.5 Å². The number of hydrogen-bond donors (Lipinski definition) is 3. The van der Waals surface area contributed by atoms with E-state index >= 15 is 0 Å². The zero-order valence-corrected chi connectivity index (χ0v) is 14.9. The van der Waals surface area contributed by atoms with Crippen LogP contribution in [-0.4, -0.2) is 52.0 Å². The molecule has 2 aromatic rings. The number of fused-ring (bicyclic) bond motifs is 1. The van der Waals surface area contributed by atoms with Gasteiger partial charge >= 0.3 is 29.6 Å². The summed E-state index contributed by atoms with van der Waals surface area (Å²) in [6.45, 7) is 0. The number of carbonyl (C=O) groups excluding carboxylic acids is 1. The number of hydrogen-bond acceptors (Lipinski definition) is 7. The van der Waals surface area contributed by atoms with Gasteiger partial charge in [-0.3, -0.25) is 0 Å². The maximum atomic E-state index is 11.0. The van der Waals surface area contributed by atoms with Gasteiger partial charge in [-0.05, 0) is 11.5 Å². The molecule has 122 valence electrons. The molecule has 0 radical (unpaired) electrons. The summed E-state index contributed by atoms with van der Waals surface area (Å²) in [5, 5.41) is 42.0. The predicted molar refractivity (Wildman–Crippen MR) is 76.3 cm³/mol. The number of carbonyl (C=O) groups is 1. The molecule has 0 bridgehead atoms. The van der Waals surface area contributed by atoms with Crippen molar-refractivity contribution < 1.29 is 64.3 Å². The maximum absolute atomic E-state index is 11.0. The smallest absolute Gasteiger partial charge is 0.547 e. The molecule has 0 aliphatic carbocycles. The first-order valence-electron chi connectivity index (χ1n) is 7.04. The van der Waals surface area contributed by atoms with E-state index in [4.69, 9.17) is 9.47 Å². The minimum Gasteiger partial charge on any atom is -0.547 e. The van der Waals surface area contributed by atoms with E-state index in [0.29, 0.717) is 5.75 Å². The van der Waals surface area contributed by atoms with Crippen LogP contribution >= 0.6 is 0 Å². The molecule has 5 atom stereocenters. The van der Waals surface area contributed by atoms with Gasteiger partial charge in [-0.15, -0.1) is 0 Å². The van der Waals surface area contributed by atoms with Crippen molar-refractivity contribution in [2.75, 3.05) is 0 Å². The average Bonchev–Trinajstić information content (AvgIpc) is 2.55. The number of aliphatic hydroxyl groups is 3. The summed E-state index contributed by atoms with van der Waals surface area (Å²) < 4.78 is 10.6. The Kier molecular flexibility index (Phi) is 6.22. The Morgan fingerprint density at radius 3 is 2.38 bits per heavy atom. The largest absolute Gasteiger partial charge is 1.00 e. The molecule has 7 nitrogen and oxygen atoms in total. The van der Waals surface area contributed by atoms with Gasteiger partial charge in [0.2, 0.25) is 6.29 Å². The number of carboxylic acids is 1. The molecule has 2 aromatic carbocycles. The monoisotopic (exact) mass is 342 g/mol. The topological polar surface area (TPSA) is 119 Å². The summed E-state index contributed by atoms with van der Waals surface area (Å²) in [7, 11) is 0. The van der Waals surface area contributed by atoms with Crippen molar-refractivity contribution in [1.29, 1.82) is 0 Å². The second-order valence-electron chi connectivity index (χ2n) is 5.31. The van der Waals surface area contributed by atoms with E-state index in [1.165, 1.54) is 0 Å². The minimum absolute atomic E-state index is 0. The first-order valence-corrected chi connectivity index (χ1v) is 7.04. The molecule has 0 spiro atoms. The van der Waals surface area contributed by atoms with Gasteiger partial charge in [0.1, 0.15) is 30.2 Å². The molecule has 8 heteroatoms. The van der Waals surface area contributed by atoms with Gasteiger partial charge in [0.15, 0.2) is 0 Å². The molecular formula is C16H15NaO7. The van der Waals surface area contributed by atoms with E-state index in [-0.39, 0.29) is 29.6 Å². The third kappa shape index (κ3) is 3.57. The average molecular weight is 342 g/mol. The Hall–Kier alpha value is -1.19. The van der Waals surface area contributed by atoms with Gasteiger partial charge in [0.05, 0.1) is 5.97 Å². The Bertz CT molecular complexity index is 717. The SMILES string of the molecule is O=C([O-])[C@H]1O[C@@H](Oc2cccc3ccccc23)[C@H](O)[C@@H](O)[C@@H]1O.[Na+]. The number of carboxylic acid groups (broad SMARTS) is 1. The molecule has 1 saturated heterocycles. The molecule has 1 aliphatic heterocycles. The van der Waals surface area contributed by atoms with Crippen molar-refractivity contribution >= 4 is 16.7 Å². The van der Waals surface area contributed by atoms with E-state index in [2.05, 4.69) is 0 Å². The summed E-state index contributed by atoms with van der Waals surface area (Å²) in [4.78, 5) is 11.0. The molecule has 1 heterocycles. The molecule has 0 saturated carbocycles. The van der Waals surface area contributed by atoms with Crippen molar-refractivity contribution in [2.45, 2.75) is 30.7 Å². The Morgan fingerprint density at radius 1 is 1.00 bits per heavy atom. The number of benzene rings is 2. The van der Waals surface area contributed by atoms with E-state index in [9.17, 15) is 25.2 Å². The fraction of sp³-hybridized carbons (Fsp3) is 0.312. The van der Waals surface area contributed by atoms with Crippen LogP contribution in [0.1, 0.15) is 0 Å². The zero-order chi connectivity index (χ0) is 16.6. The van der Waals surface area contributed by atoms with Crippen molar-refractivity contribution in [3.63, 3.8) is 0 Å². The molecule has 0 unspecified atom stereocenters.